The van der Waals surface area contributed by atoms with Gasteiger partial charge in [-0.05, 0) is 18.6 Å². The summed E-state index contributed by atoms with van der Waals surface area (Å²) in [6.45, 7) is -0.542. The predicted molar refractivity (Wildman–Crippen MR) is 57.6 cm³/mol. The van der Waals surface area contributed by atoms with Gasteiger partial charge >= 0.3 is 6.18 Å². The molecule has 1 unspecified atom stereocenters. The van der Waals surface area contributed by atoms with E-state index in [1.807, 2.05) is 0 Å². The van der Waals surface area contributed by atoms with Crippen molar-refractivity contribution in [3.05, 3.63) is 29.8 Å². The highest BCUT2D eigenvalue weighted by atomic mass is 19.4. The fraction of sp³-hybridized carbons (Fsp3) is 0.455. The van der Waals surface area contributed by atoms with Gasteiger partial charge in [0.15, 0.2) is 0 Å². The molecule has 1 aromatic rings. The Morgan fingerprint density at radius 1 is 1.18 bits per heavy atom. The van der Waals surface area contributed by atoms with Gasteiger partial charge in [-0.25, -0.2) is 0 Å². The van der Waals surface area contributed by atoms with E-state index in [9.17, 15) is 13.2 Å². The number of hydrogen-bond acceptors (Lipinski definition) is 3. The lowest BCUT2D eigenvalue weighted by molar-refractivity contribution is -0.137. The van der Waals surface area contributed by atoms with E-state index in [2.05, 4.69) is 5.32 Å². The summed E-state index contributed by atoms with van der Waals surface area (Å²) < 4.78 is 37.9. The molecule has 1 atom stereocenters. The summed E-state index contributed by atoms with van der Waals surface area (Å²) >= 11 is 0. The van der Waals surface area contributed by atoms with Crippen molar-refractivity contribution in [1.82, 2.24) is 0 Å². The summed E-state index contributed by atoms with van der Waals surface area (Å²) in [7, 11) is 0. The van der Waals surface area contributed by atoms with Crippen LogP contribution >= 0.6 is 0 Å². The number of nitrogens with one attached hydrogen (secondary N) is 1. The number of hydrogen-bond donors (Lipinski definition) is 3. The van der Waals surface area contributed by atoms with Crippen molar-refractivity contribution >= 4 is 5.69 Å². The Kier molecular flexibility index (Phi) is 4.77. The summed E-state index contributed by atoms with van der Waals surface area (Å²) in [5.74, 6) is 0. The first-order valence-corrected chi connectivity index (χ1v) is 5.13. The maximum Gasteiger partial charge on any atom is 0.418 e. The minimum atomic E-state index is -4.44. The molecule has 0 saturated heterocycles. The zero-order valence-electron chi connectivity index (χ0n) is 9.04. The van der Waals surface area contributed by atoms with Crippen LogP contribution in [0.3, 0.4) is 0 Å². The molecular weight excluding hydrogens is 235 g/mol. The molecule has 1 aromatic carbocycles. The number of aliphatic hydroxyl groups excluding tert-OH is 2. The number of rotatable bonds is 5. The van der Waals surface area contributed by atoms with Gasteiger partial charge < -0.3 is 15.5 Å². The SMILES string of the molecule is OCCC(CO)Nc1ccccc1C(F)(F)F. The zero-order valence-corrected chi connectivity index (χ0v) is 9.04. The van der Waals surface area contributed by atoms with Crippen molar-refractivity contribution in [2.45, 2.75) is 18.6 Å². The Hall–Kier alpha value is -1.27. The summed E-state index contributed by atoms with van der Waals surface area (Å²) in [4.78, 5) is 0. The number of para-hydroxylation sites is 1. The van der Waals surface area contributed by atoms with Crippen LogP contribution in [-0.2, 0) is 6.18 Å². The Bertz CT molecular complexity index is 355. The van der Waals surface area contributed by atoms with Crippen LogP contribution in [0, 0.1) is 0 Å². The van der Waals surface area contributed by atoms with Gasteiger partial charge in [-0.1, -0.05) is 12.1 Å². The zero-order chi connectivity index (χ0) is 12.9. The van der Waals surface area contributed by atoms with Crippen molar-refractivity contribution < 1.29 is 23.4 Å². The molecule has 0 aliphatic rings. The molecular formula is C11H14F3NO2. The van der Waals surface area contributed by atoms with Crippen LogP contribution in [0.1, 0.15) is 12.0 Å². The predicted octanol–water partition coefficient (Wildman–Crippen LogP) is 1.86. The maximum atomic E-state index is 12.6. The molecule has 0 aliphatic carbocycles. The van der Waals surface area contributed by atoms with Crippen molar-refractivity contribution in [2.75, 3.05) is 18.5 Å². The lowest BCUT2D eigenvalue weighted by Crippen LogP contribution is -2.26. The van der Waals surface area contributed by atoms with Crippen LogP contribution in [-0.4, -0.2) is 29.5 Å². The van der Waals surface area contributed by atoms with Crippen LogP contribution in [0.4, 0.5) is 18.9 Å². The van der Waals surface area contributed by atoms with E-state index in [-0.39, 0.29) is 25.3 Å². The summed E-state index contributed by atoms with van der Waals surface area (Å²) in [5, 5.41) is 20.2. The van der Waals surface area contributed by atoms with E-state index in [1.165, 1.54) is 18.2 Å². The van der Waals surface area contributed by atoms with E-state index in [0.717, 1.165) is 6.07 Å². The number of halogens is 3. The van der Waals surface area contributed by atoms with Crippen molar-refractivity contribution in [3.8, 4) is 0 Å². The molecule has 0 bridgehead atoms. The maximum absolute atomic E-state index is 12.6. The highest BCUT2D eigenvalue weighted by Crippen LogP contribution is 2.34. The number of aliphatic hydroxyl groups is 2. The highest BCUT2D eigenvalue weighted by molar-refractivity contribution is 5.53. The average Bonchev–Trinajstić information content (AvgIpc) is 2.27. The van der Waals surface area contributed by atoms with E-state index >= 15 is 0 Å². The van der Waals surface area contributed by atoms with Crippen molar-refractivity contribution in [1.29, 1.82) is 0 Å². The van der Waals surface area contributed by atoms with Gasteiger partial charge in [0.1, 0.15) is 0 Å². The van der Waals surface area contributed by atoms with Gasteiger partial charge in [-0.15, -0.1) is 0 Å². The number of benzene rings is 1. The summed E-state index contributed by atoms with van der Waals surface area (Å²) in [6, 6.07) is 4.45. The first-order chi connectivity index (χ1) is 7.99. The third-order valence-corrected chi connectivity index (χ3v) is 2.29. The second kappa shape index (κ2) is 5.88. The average molecular weight is 249 g/mol. The van der Waals surface area contributed by atoms with Gasteiger partial charge in [0.2, 0.25) is 0 Å². The normalized spacial score (nSPS) is 13.5. The van der Waals surface area contributed by atoms with E-state index in [0.29, 0.717) is 0 Å². The van der Waals surface area contributed by atoms with Crippen molar-refractivity contribution in [3.63, 3.8) is 0 Å². The molecule has 0 amide bonds. The van der Waals surface area contributed by atoms with Crippen LogP contribution in [0.15, 0.2) is 24.3 Å². The second-order valence-corrected chi connectivity index (χ2v) is 3.58. The number of anilines is 1. The Morgan fingerprint density at radius 2 is 1.82 bits per heavy atom. The van der Waals surface area contributed by atoms with Crippen LogP contribution in [0.2, 0.25) is 0 Å². The number of alkyl halides is 3. The van der Waals surface area contributed by atoms with E-state index in [1.54, 1.807) is 0 Å². The molecule has 6 heteroatoms. The fourth-order valence-electron chi connectivity index (χ4n) is 1.44. The van der Waals surface area contributed by atoms with Gasteiger partial charge in [-0.2, -0.15) is 13.2 Å². The quantitative estimate of drug-likeness (QED) is 0.746. The molecule has 1 rings (SSSR count). The molecule has 17 heavy (non-hydrogen) atoms. The first kappa shape index (κ1) is 13.8. The standard InChI is InChI=1S/C11H14F3NO2/c12-11(13,14)9-3-1-2-4-10(9)15-8(7-17)5-6-16/h1-4,8,15-17H,5-7H2. The molecule has 0 radical (unpaired) electrons. The topological polar surface area (TPSA) is 52.5 Å². The second-order valence-electron chi connectivity index (χ2n) is 3.58. The molecule has 96 valence electrons. The minimum absolute atomic E-state index is 0.0903. The lowest BCUT2D eigenvalue weighted by Gasteiger charge is -2.20. The van der Waals surface area contributed by atoms with Gasteiger partial charge in [0.05, 0.1) is 18.2 Å². The smallest absolute Gasteiger partial charge is 0.396 e. The van der Waals surface area contributed by atoms with Gasteiger partial charge in [-0.3, -0.25) is 0 Å². The van der Waals surface area contributed by atoms with E-state index in [4.69, 9.17) is 10.2 Å². The van der Waals surface area contributed by atoms with Crippen LogP contribution in [0.5, 0.6) is 0 Å². The van der Waals surface area contributed by atoms with E-state index < -0.39 is 17.8 Å². The molecule has 0 aromatic heterocycles. The monoisotopic (exact) mass is 249 g/mol. The van der Waals surface area contributed by atoms with Crippen molar-refractivity contribution in [2.24, 2.45) is 0 Å². The van der Waals surface area contributed by atoms with Crippen LogP contribution in [0.25, 0.3) is 0 Å². The molecule has 0 fully saturated rings. The Balaban J connectivity index is 2.90. The molecule has 0 saturated carbocycles. The highest BCUT2D eigenvalue weighted by Gasteiger charge is 2.33. The molecule has 3 nitrogen and oxygen atoms in total. The molecule has 0 aliphatic heterocycles. The minimum Gasteiger partial charge on any atom is -0.396 e. The fourth-order valence-corrected chi connectivity index (χ4v) is 1.44. The first-order valence-electron chi connectivity index (χ1n) is 5.13. The third kappa shape index (κ3) is 3.90. The third-order valence-electron chi connectivity index (χ3n) is 2.29. The lowest BCUT2D eigenvalue weighted by atomic mass is 10.1. The molecule has 0 heterocycles. The Morgan fingerprint density at radius 3 is 2.35 bits per heavy atom. The largest absolute Gasteiger partial charge is 0.418 e. The van der Waals surface area contributed by atoms with Gasteiger partial charge in [0, 0.05) is 12.3 Å². The molecule has 3 N–H and O–H groups in total. The molecule has 0 spiro atoms. The van der Waals surface area contributed by atoms with Crippen LogP contribution < -0.4 is 5.32 Å². The Labute approximate surface area is 96.9 Å². The van der Waals surface area contributed by atoms with Gasteiger partial charge in [0.25, 0.3) is 0 Å². The summed E-state index contributed by atoms with van der Waals surface area (Å²) in [6.07, 6.45) is -4.26. The summed E-state index contributed by atoms with van der Waals surface area (Å²) in [5.41, 5.74) is -0.871.